The molecule has 6 nitrogen and oxygen atoms in total. The van der Waals surface area contributed by atoms with Crippen molar-refractivity contribution < 1.29 is 14.2 Å². The van der Waals surface area contributed by atoms with E-state index in [2.05, 4.69) is 22.4 Å². The maximum absolute atomic E-state index is 6.03. The Morgan fingerprint density at radius 3 is 2.78 bits per heavy atom. The zero-order chi connectivity index (χ0) is 18.5. The number of hydrogen-bond donors (Lipinski definition) is 0. The Morgan fingerprint density at radius 2 is 2.07 bits per heavy atom. The van der Waals surface area contributed by atoms with Crippen LogP contribution in [0.15, 0.2) is 36.7 Å². The van der Waals surface area contributed by atoms with E-state index in [0.29, 0.717) is 24.2 Å². The molecule has 0 unspecified atom stereocenters. The zero-order valence-corrected chi connectivity index (χ0v) is 15.7. The van der Waals surface area contributed by atoms with Gasteiger partial charge in [-0.25, -0.2) is 0 Å². The van der Waals surface area contributed by atoms with Crippen molar-refractivity contribution in [1.29, 1.82) is 0 Å². The zero-order valence-electron chi connectivity index (χ0n) is 15.7. The maximum Gasteiger partial charge on any atom is 0.259 e. The molecule has 2 fully saturated rings. The molecule has 0 N–H and O–H groups in total. The van der Waals surface area contributed by atoms with E-state index in [4.69, 9.17) is 19.2 Å². The van der Waals surface area contributed by atoms with Gasteiger partial charge in [-0.1, -0.05) is 6.07 Å². The average Bonchev–Trinajstić information content (AvgIpc) is 3.22. The van der Waals surface area contributed by atoms with E-state index in [-0.39, 0.29) is 6.10 Å². The van der Waals surface area contributed by atoms with Crippen LogP contribution in [0.2, 0.25) is 0 Å². The number of pyridine rings is 2. The van der Waals surface area contributed by atoms with Gasteiger partial charge in [0.15, 0.2) is 5.75 Å². The van der Waals surface area contributed by atoms with Crippen LogP contribution in [-0.4, -0.2) is 49.5 Å². The smallest absolute Gasteiger partial charge is 0.259 e. The predicted molar refractivity (Wildman–Crippen MR) is 103 cm³/mol. The molecule has 0 spiro atoms. The van der Waals surface area contributed by atoms with E-state index in [9.17, 15) is 0 Å². The fourth-order valence-corrected chi connectivity index (χ4v) is 3.64. The molecule has 4 heterocycles. The van der Waals surface area contributed by atoms with Crippen molar-refractivity contribution in [2.24, 2.45) is 5.92 Å². The minimum absolute atomic E-state index is 0.0569. The standard InChI is InChI=1S/C21H26N3O3/c1-25-19-4-5-20(23-21(19)27-18-8-12-26-15-18)24-10-6-16(7-11-24)13-17-3-2-9-22-14-17/h2-5,9,13-14,16,18H,6-8,10-12,15H2,1H3/t18-/m1/s1. The van der Waals surface area contributed by atoms with Crippen LogP contribution in [0.4, 0.5) is 5.82 Å². The number of anilines is 1. The molecule has 27 heavy (non-hydrogen) atoms. The van der Waals surface area contributed by atoms with Gasteiger partial charge >= 0.3 is 0 Å². The van der Waals surface area contributed by atoms with Crippen molar-refractivity contribution in [3.05, 3.63) is 48.6 Å². The van der Waals surface area contributed by atoms with Crippen LogP contribution in [0.3, 0.4) is 0 Å². The first-order valence-electron chi connectivity index (χ1n) is 9.61. The number of hydrogen-bond acceptors (Lipinski definition) is 6. The number of rotatable bonds is 6. The third-order valence-electron chi connectivity index (χ3n) is 5.17. The highest BCUT2D eigenvalue weighted by atomic mass is 16.6. The van der Waals surface area contributed by atoms with Gasteiger partial charge in [0.05, 0.1) is 20.3 Å². The lowest BCUT2D eigenvalue weighted by Gasteiger charge is -2.33. The summed E-state index contributed by atoms with van der Waals surface area (Å²) in [6.07, 6.45) is 9.23. The summed E-state index contributed by atoms with van der Waals surface area (Å²) in [6.45, 7) is 3.32. The molecule has 0 aromatic carbocycles. The Morgan fingerprint density at radius 1 is 1.19 bits per heavy atom. The van der Waals surface area contributed by atoms with Gasteiger partial charge in [0.1, 0.15) is 11.9 Å². The van der Waals surface area contributed by atoms with Crippen molar-refractivity contribution in [1.82, 2.24) is 9.97 Å². The molecular weight excluding hydrogens is 342 g/mol. The molecular formula is C21H26N3O3. The summed E-state index contributed by atoms with van der Waals surface area (Å²) in [6, 6.07) is 8.06. The van der Waals surface area contributed by atoms with Gasteiger partial charge in [0.2, 0.25) is 0 Å². The van der Waals surface area contributed by atoms with Crippen molar-refractivity contribution in [2.45, 2.75) is 25.4 Å². The number of nitrogens with zero attached hydrogens (tertiary/aromatic N) is 3. The highest BCUT2D eigenvalue weighted by molar-refractivity contribution is 5.47. The summed E-state index contributed by atoms with van der Waals surface area (Å²) in [4.78, 5) is 11.3. The van der Waals surface area contributed by atoms with Crippen LogP contribution >= 0.6 is 0 Å². The molecule has 2 aliphatic heterocycles. The van der Waals surface area contributed by atoms with Gasteiger partial charge in [0, 0.05) is 31.9 Å². The molecule has 2 saturated heterocycles. The first-order chi connectivity index (χ1) is 13.3. The number of piperidine rings is 1. The van der Waals surface area contributed by atoms with Crippen LogP contribution in [-0.2, 0) is 4.74 Å². The third-order valence-corrected chi connectivity index (χ3v) is 5.17. The minimum Gasteiger partial charge on any atom is -0.491 e. The van der Waals surface area contributed by atoms with Crippen LogP contribution in [0.5, 0.6) is 11.6 Å². The molecule has 143 valence electrons. The van der Waals surface area contributed by atoms with Crippen LogP contribution < -0.4 is 14.4 Å². The molecule has 2 aromatic heterocycles. The Kier molecular flexibility index (Phi) is 5.72. The Hall–Kier alpha value is -2.34. The second kappa shape index (κ2) is 8.57. The SMILES string of the molecule is COc1ccc(N2CCC([CH]c3cccnc3)CC2)nc1O[C@@H]1CCOC1. The first kappa shape index (κ1) is 18.0. The van der Waals surface area contributed by atoms with E-state index in [1.165, 1.54) is 5.56 Å². The molecule has 1 atom stereocenters. The molecule has 0 amide bonds. The molecule has 2 aromatic rings. The molecule has 6 heteroatoms. The number of ether oxygens (including phenoxy) is 3. The lowest BCUT2D eigenvalue weighted by atomic mass is 9.91. The maximum atomic E-state index is 6.03. The Bertz CT molecular complexity index is 727. The summed E-state index contributed by atoms with van der Waals surface area (Å²) in [7, 11) is 1.65. The van der Waals surface area contributed by atoms with E-state index in [1.54, 1.807) is 7.11 Å². The van der Waals surface area contributed by atoms with Gasteiger partial charge in [0.25, 0.3) is 5.88 Å². The molecule has 2 aliphatic rings. The van der Waals surface area contributed by atoms with Crippen molar-refractivity contribution in [2.75, 3.05) is 38.3 Å². The largest absolute Gasteiger partial charge is 0.491 e. The molecule has 1 radical (unpaired) electrons. The van der Waals surface area contributed by atoms with Gasteiger partial charge in [-0.2, -0.15) is 4.98 Å². The predicted octanol–water partition coefficient (Wildman–Crippen LogP) is 3.12. The third kappa shape index (κ3) is 4.50. The lowest BCUT2D eigenvalue weighted by Crippen LogP contribution is -2.34. The topological polar surface area (TPSA) is 56.7 Å². The molecule has 0 bridgehead atoms. The second-order valence-corrected chi connectivity index (χ2v) is 7.06. The highest BCUT2D eigenvalue weighted by Crippen LogP contribution is 2.32. The average molecular weight is 368 g/mol. The van der Waals surface area contributed by atoms with Crippen molar-refractivity contribution >= 4 is 5.82 Å². The van der Waals surface area contributed by atoms with E-state index < -0.39 is 0 Å². The fourth-order valence-electron chi connectivity index (χ4n) is 3.64. The minimum atomic E-state index is 0.0569. The van der Waals surface area contributed by atoms with Gasteiger partial charge in [-0.15, -0.1) is 0 Å². The van der Waals surface area contributed by atoms with E-state index in [0.717, 1.165) is 44.8 Å². The monoisotopic (exact) mass is 368 g/mol. The summed E-state index contributed by atoms with van der Waals surface area (Å²) in [5, 5.41) is 0. The quantitative estimate of drug-likeness (QED) is 0.781. The van der Waals surface area contributed by atoms with Crippen LogP contribution in [0.1, 0.15) is 24.8 Å². The summed E-state index contributed by atoms with van der Waals surface area (Å²) >= 11 is 0. The first-order valence-corrected chi connectivity index (χ1v) is 9.61. The highest BCUT2D eigenvalue weighted by Gasteiger charge is 2.24. The number of aromatic nitrogens is 2. The van der Waals surface area contributed by atoms with Gasteiger partial charge in [-0.3, -0.25) is 4.98 Å². The molecule has 4 rings (SSSR count). The fraction of sp³-hybridized carbons (Fsp3) is 0.476. The second-order valence-electron chi connectivity index (χ2n) is 7.06. The van der Waals surface area contributed by atoms with Crippen LogP contribution in [0.25, 0.3) is 0 Å². The lowest BCUT2D eigenvalue weighted by molar-refractivity contribution is 0.135. The summed E-state index contributed by atoms with van der Waals surface area (Å²) in [5.74, 6) is 2.76. The number of methoxy groups -OCH3 is 1. The van der Waals surface area contributed by atoms with E-state index in [1.807, 2.05) is 30.6 Å². The van der Waals surface area contributed by atoms with Crippen molar-refractivity contribution in [3.8, 4) is 11.6 Å². The van der Waals surface area contributed by atoms with Crippen molar-refractivity contribution in [3.63, 3.8) is 0 Å². The van der Waals surface area contributed by atoms with E-state index >= 15 is 0 Å². The summed E-state index contributed by atoms with van der Waals surface area (Å²) in [5.41, 5.74) is 1.20. The molecule has 0 aliphatic carbocycles. The van der Waals surface area contributed by atoms with Gasteiger partial charge < -0.3 is 19.1 Å². The Labute approximate surface area is 160 Å². The Balaban J connectivity index is 1.38. The molecule has 0 saturated carbocycles. The normalized spacial score (nSPS) is 20.6. The summed E-state index contributed by atoms with van der Waals surface area (Å²) < 4.78 is 16.8. The van der Waals surface area contributed by atoms with Gasteiger partial charge in [-0.05, 0) is 48.9 Å². The van der Waals surface area contributed by atoms with Crippen LogP contribution in [0, 0.1) is 12.3 Å².